The largest absolute Gasteiger partial charge is 0.480 e. The van der Waals surface area contributed by atoms with Crippen molar-refractivity contribution in [3.05, 3.63) is 35.9 Å². The molecule has 0 radical (unpaired) electrons. The Labute approximate surface area is 221 Å². The summed E-state index contributed by atoms with van der Waals surface area (Å²) < 4.78 is 0. The molecular weight excluding hydrogens is 476 g/mol. The van der Waals surface area contributed by atoms with E-state index in [0.717, 1.165) is 24.9 Å². The van der Waals surface area contributed by atoms with E-state index < -0.39 is 12.0 Å². The third-order valence-corrected chi connectivity index (χ3v) is 6.41. The van der Waals surface area contributed by atoms with Crippen LogP contribution in [-0.4, -0.2) is 63.0 Å². The van der Waals surface area contributed by atoms with Crippen molar-refractivity contribution in [2.45, 2.75) is 79.0 Å². The number of carboxylic acids is 1. The zero-order valence-electron chi connectivity index (χ0n) is 22.4. The predicted molar refractivity (Wildman–Crippen MR) is 147 cm³/mol. The average molecular weight is 521 g/mol. The Morgan fingerprint density at radius 2 is 1.78 bits per heavy atom. The molecule has 0 spiro atoms. The van der Waals surface area contributed by atoms with Gasteiger partial charge in [0.25, 0.3) is 0 Å². The highest BCUT2D eigenvalue weighted by Crippen LogP contribution is 2.23. The van der Waals surface area contributed by atoms with Crippen molar-refractivity contribution >= 4 is 29.5 Å². The van der Waals surface area contributed by atoms with Crippen molar-refractivity contribution in [1.29, 1.82) is 0 Å². The molecule has 36 heavy (non-hydrogen) atoms. The first-order valence-electron chi connectivity index (χ1n) is 12.3. The molecule has 0 aromatic heterocycles. The molecule has 1 saturated heterocycles. The molecule has 1 fully saturated rings. The van der Waals surface area contributed by atoms with Crippen LogP contribution < -0.4 is 5.32 Å². The standard InChI is InChI=1S/C19H34N2O4S.C7H8O.C2H2/c1-13(2)9-17(23)21-8-6-7-14(21)11-26-12-15(18(24)25)20-16(22)10-19(3,4)5;8-6-7-4-2-1-3-5-7;1-2/h13-15H,6-12H2,1-5H3,(H,20,22)(H,24,25);1-5,8H,6H2;1-2H/t14-,15?;;/m0../s1. The van der Waals surface area contributed by atoms with Gasteiger partial charge in [0.05, 0.1) is 6.61 Å². The molecule has 0 aliphatic carbocycles. The Morgan fingerprint density at radius 3 is 2.25 bits per heavy atom. The van der Waals surface area contributed by atoms with E-state index in [0.29, 0.717) is 30.3 Å². The highest BCUT2D eigenvalue weighted by Gasteiger charge is 2.29. The van der Waals surface area contributed by atoms with Crippen LogP contribution >= 0.6 is 11.8 Å². The van der Waals surface area contributed by atoms with Crippen LogP contribution in [-0.2, 0) is 21.0 Å². The van der Waals surface area contributed by atoms with Gasteiger partial charge in [-0.05, 0) is 29.7 Å². The topological polar surface area (TPSA) is 107 Å². The molecule has 0 saturated carbocycles. The molecule has 1 unspecified atom stereocenters. The van der Waals surface area contributed by atoms with Crippen molar-refractivity contribution in [3.63, 3.8) is 0 Å². The number of aliphatic hydroxyl groups excluding tert-OH is 1. The van der Waals surface area contributed by atoms with E-state index in [1.807, 2.05) is 69.9 Å². The molecule has 1 heterocycles. The normalized spacial score (nSPS) is 15.7. The minimum Gasteiger partial charge on any atom is -0.480 e. The van der Waals surface area contributed by atoms with Gasteiger partial charge < -0.3 is 20.4 Å². The highest BCUT2D eigenvalue weighted by molar-refractivity contribution is 7.99. The number of carboxylic acid groups (broad SMARTS) is 1. The first-order valence-corrected chi connectivity index (χ1v) is 13.5. The number of nitrogens with one attached hydrogen (secondary N) is 1. The molecule has 7 nitrogen and oxygen atoms in total. The fraction of sp³-hybridized carbons (Fsp3) is 0.607. The third-order valence-electron chi connectivity index (χ3n) is 5.22. The monoisotopic (exact) mass is 520 g/mol. The van der Waals surface area contributed by atoms with Crippen molar-refractivity contribution in [2.24, 2.45) is 11.3 Å². The number of benzene rings is 1. The average Bonchev–Trinajstić information content (AvgIpc) is 3.28. The van der Waals surface area contributed by atoms with E-state index in [2.05, 4.69) is 18.2 Å². The summed E-state index contributed by atoms with van der Waals surface area (Å²) in [7, 11) is 0. The molecule has 8 heteroatoms. The van der Waals surface area contributed by atoms with Crippen LogP contribution in [0, 0.1) is 24.2 Å². The maximum absolute atomic E-state index is 12.3. The number of hydrogen-bond acceptors (Lipinski definition) is 5. The maximum Gasteiger partial charge on any atom is 0.327 e. The third kappa shape index (κ3) is 14.8. The van der Waals surface area contributed by atoms with Crippen molar-refractivity contribution in [1.82, 2.24) is 10.2 Å². The van der Waals surface area contributed by atoms with Crippen LogP contribution in [0.2, 0.25) is 0 Å². The maximum atomic E-state index is 12.3. The second-order valence-corrected chi connectivity index (χ2v) is 11.4. The quantitative estimate of drug-likeness (QED) is 0.400. The first-order chi connectivity index (χ1) is 16.9. The summed E-state index contributed by atoms with van der Waals surface area (Å²) >= 11 is 1.50. The molecule has 2 atom stereocenters. The SMILES string of the molecule is C#C.CC(C)CC(=O)N1CCC[C@H]1CSCC(NC(=O)CC(C)(C)C)C(=O)O.OCc1ccccc1. The predicted octanol–water partition coefficient (Wildman–Crippen LogP) is 4.19. The summed E-state index contributed by atoms with van der Waals surface area (Å²) in [5.41, 5.74) is 0.786. The Balaban J connectivity index is 0.00000102. The van der Waals surface area contributed by atoms with Gasteiger partial charge in [0.2, 0.25) is 11.8 Å². The fourth-order valence-electron chi connectivity index (χ4n) is 3.61. The van der Waals surface area contributed by atoms with Gasteiger partial charge in [0.1, 0.15) is 6.04 Å². The molecule has 1 aromatic carbocycles. The first kappa shape index (κ1) is 33.5. The number of rotatable bonds is 10. The molecule has 1 aliphatic rings. The number of amides is 2. The molecule has 3 N–H and O–H groups in total. The lowest BCUT2D eigenvalue weighted by Crippen LogP contribution is -2.44. The summed E-state index contributed by atoms with van der Waals surface area (Å²) in [6.07, 6.45) is 10.8. The zero-order chi connectivity index (χ0) is 27.7. The number of aliphatic hydroxyl groups is 1. The number of carbonyl (C=O) groups is 3. The molecule has 1 aromatic rings. The smallest absolute Gasteiger partial charge is 0.327 e. The molecule has 1 aliphatic heterocycles. The molecule has 202 valence electrons. The minimum absolute atomic E-state index is 0.140. The van der Waals surface area contributed by atoms with E-state index in [4.69, 9.17) is 5.11 Å². The van der Waals surface area contributed by atoms with E-state index >= 15 is 0 Å². The van der Waals surface area contributed by atoms with Crippen LogP contribution in [0.1, 0.15) is 65.9 Å². The van der Waals surface area contributed by atoms with Gasteiger partial charge in [-0.25, -0.2) is 4.79 Å². The Kier molecular flexibility index (Phi) is 16.6. The lowest BCUT2D eigenvalue weighted by molar-refractivity contribution is -0.141. The van der Waals surface area contributed by atoms with Gasteiger partial charge in [-0.2, -0.15) is 11.8 Å². The number of terminal acetylenes is 1. The minimum atomic E-state index is -1.01. The Bertz CT molecular complexity index is 805. The molecule has 2 amide bonds. The van der Waals surface area contributed by atoms with Crippen LogP contribution in [0.3, 0.4) is 0 Å². The summed E-state index contributed by atoms with van der Waals surface area (Å²) in [6.45, 7) is 10.8. The van der Waals surface area contributed by atoms with E-state index in [1.54, 1.807) is 0 Å². The van der Waals surface area contributed by atoms with E-state index in [9.17, 15) is 19.5 Å². The summed E-state index contributed by atoms with van der Waals surface area (Å²) in [6, 6.07) is 8.80. The Morgan fingerprint density at radius 1 is 1.17 bits per heavy atom. The van der Waals surface area contributed by atoms with Gasteiger partial charge >= 0.3 is 5.97 Å². The van der Waals surface area contributed by atoms with E-state index in [-0.39, 0.29) is 29.9 Å². The van der Waals surface area contributed by atoms with Crippen molar-refractivity contribution in [2.75, 3.05) is 18.1 Å². The van der Waals surface area contributed by atoms with Crippen LogP contribution in [0.5, 0.6) is 0 Å². The molecule has 2 rings (SSSR count). The molecule has 0 bridgehead atoms. The number of nitrogens with zero attached hydrogens (tertiary/aromatic N) is 1. The van der Waals surface area contributed by atoms with Crippen molar-refractivity contribution in [3.8, 4) is 12.8 Å². The van der Waals surface area contributed by atoms with E-state index in [1.165, 1.54) is 11.8 Å². The lowest BCUT2D eigenvalue weighted by atomic mass is 9.92. The second-order valence-electron chi connectivity index (χ2n) is 10.4. The number of likely N-dealkylation sites (tertiary alicyclic amines) is 1. The van der Waals surface area contributed by atoms with Gasteiger partial charge in [0.15, 0.2) is 0 Å². The lowest BCUT2D eigenvalue weighted by Gasteiger charge is -2.26. The highest BCUT2D eigenvalue weighted by atomic mass is 32.2. The number of thioether (sulfide) groups is 1. The second kappa shape index (κ2) is 17.9. The fourth-order valence-corrected chi connectivity index (χ4v) is 4.83. The molecular formula is C28H44N2O5S. The van der Waals surface area contributed by atoms with Gasteiger partial charge in [-0.1, -0.05) is 65.0 Å². The Hall–Kier alpha value is -2.50. The van der Waals surface area contributed by atoms with Crippen molar-refractivity contribution < 1.29 is 24.6 Å². The van der Waals surface area contributed by atoms with Gasteiger partial charge in [-0.15, -0.1) is 12.8 Å². The number of aliphatic carboxylic acids is 1. The number of hydrogen-bond donors (Lipinski definition) is 3. The zero-order valence-corrected chi connectivity index (χ0v) is 23.2. The van der Waals surface area contributed by atoms with Crippen LogP contribution in [0.15, 0.2) is 30.3 Å². The van der Waals surface area contributed by atoms with Crippen LogP contribution in [0.4, 0.5) is 0 Å². The van der Waals surface area contributed by atoms with Gasteiger partial charge in [0, 0.05) is 36.9 Å². The summed E-state index contributed by atoms with van der Waals surface area (Å²) in [5, 5.41) is 20.5. The van der Waals surface area contributed by atoms with Crippen LogP contribution in [0.25, 0.3) is 0 Å². The summed E-state index contributed by atoms with van der Waals surface area (Å²) in [4.78, 5) is 37.7. The summed E-state index contributed by atoms with van der Waals surface area (Å²) in [5.74, 6) is 0.303. The number of carbonyl (C=O) groups excluding carboxylic acids is 2. The van der Waals surface area contributed by atoms with Gasteiger partial charge in [-0.3, -0.25) is 9.59 Å².